The molecule has 1 aliphatic heterocycles. The van der Waals surface area contributed by atoms with Gasteiger partial charge in [0, 0.05) is 37.1 Å². The van der Waals surface area contributed by atoms with E-state index in [-0.39, 0.29) is 41.6 Å². The van der Waals surface area contributed by atoms with Crippen LogP contribution >= 0.6 is 35.2 Å². The Balaban J connectivity index is 1.33. The summed E-state index contributed by atoms with van der Waals surface area (Å²) in [7, 11) is -16.4. The van der Waals surface area contributed by atoms with Gasteiger partial charge in [0.25, 0.3) is 0 Å². The number of aliphatic hydroxyl groups excluding tert-OH is 2. The van der Waals surface area contributed by atoms with Crippen molar-refractivity contribution in [3.63, 3.8) is 0 Å². The summed E-state index contributed by atoms with van der Waals surface area (Å²) in [5, 5.41) is 26.6. The van der Waals surface area contributed by atoms with Crippen molar-refractivity contribution in [1.29, 1.82) is 0 Å². The van der Waals surface area contributed by atoms with Crippen molar-refractivity contribution in [3.8, 4) is 0 Å². The number of unbranched alkanes of at least 4 members (excludes halogenated alkanes) is 9. The van der Waals surface area contributed by atoms with Crippen LogP contribution in [0.15, 0.2) is 24.8 Å². The lowest BCUT2D eigenvalue weighted by Crippen LogP contribution is -2.46. The van der Waals surface area contributed by atoms with Crippen LogP contribution in [0.2, 0.25) is 0 Å². The van der Waals surface area contributed by atoms with Gasteiger partial charge in [0.1, 0.15) is 36.3 Å². The second-order valence-electron chi connectivity index (χ2n) is 15.9. The number of phosphoric acid groups is 3. The predicted octanol–water partition coefficient (Wildman–Crippen LogP) is 3.92. The number of nitrogens with two attached hydrogens (primary N) is 1. The zero-order chi connectivity index (χ0) is 48.3. The van der Waals surface area contributed by atoms with Gasteiger partial charge in [-0.1, -0.05) is 89.6 Å². The van der Waals surface area contributed by atoms with Crippen molar-refractivity contribution in [1.82, 2.24) is 30.2 Å². The maximum atomic E-state index is 12.7. The van der Waals surface area contributed by atoms with E-state index in [0.717, 1.165) is 61.1 Å². The lowest BCUT2D eigenvalue weighted by Gasteiger charge is -2.30. The molecule has 28 heteroatoms. The van der Waals surface area contributed by atoms with Crippen molar-refractivity contribution in [2.24, 2.45) is 5.41 Å². The van der Waals surface area contributed by atoms with E-state index >= 15 is 0 Å². The number of phosphoric ester groups is 3. The molecule has 3 unspecified atom stereocenters. The molecule has 0 spiro atoms. The van der Waals surface area contributed by atoms with Gasteiger partial charge in [-0.25, -0.2) is 28.6 Å². The Kier molecular flexibility index (Phi) is 23.8. The maximum Gasteiger partial charge on any atom is 0.481 e. The summed E-state index contributed by atoms with van der Waals surface area (Å²) in [5.74, 6) is -1.03. The molecule has 0 aromatic carbocycles. The Bertz CT molecular complexity index is 2010. The molecule has 3 heterocycles. The fraction of sp³-hybridized carbons (Fsp3) is 0.730. The number of anilines is 1. The highest BCUT2D eigenvalue weighted by Crippen LogP contribution is 2.61. The van der Waals surface area contributed by atoms with Crippen LogP contribution in [0.3, 0.4) is 0 Å². The van der Waals surface area contributed by atoms with E-state index in [1.54, 1.807) is 0 Å². The first kappa shape index (κ1) is 56.6. The molecule has 3 rings (SSSR count). The normalized spacial score (nSPS) is 20.4. The van der Waals surface area contributed by atoms with E-state index in [2.05, 4.69) is 53.5 Å². The van der Waals surface area contributed by atoms with Crippen LogP contribution in [0.1, 0.15) is 110 Å². The highest BCUT2D eigenvalue weighted by atomic mass is 32.2. The van der Waals surface area contributed by atoms with Gasteiger partial charge in [0.2, 0.25) is 11.8 Å². The Morgan fingerprint density at radius 1 is 0.923 bits per heavy atom. The number of nitrogen functional groups attached to an aromatic ring is 1. The largest absolute Gasteiger partial charge is 0.481 e. The molecule has 2 aromatic rings. The second kappa shape index (κ2) is 27.3. The topological polar surface area (TPSA) is 364 Å². The van der Waals surface area contributed by atoms with Gasteiger partial charge in [0.05, 0.1) is 19.5 Å². The fourth-order valence-electron chi connectivity index (χ4n) is 6.34. The molecule has 2 amide bonds. The maximum absolute atomic E-state index is 12.7. The molecule has 0 radical (unpaired) electrons. The fourth-order valence-corrected chi connectivity index (χ4v) is 9.89. The number of nitrogens with one attached hydrogen (secondary N) is 2. The zero-order valence-electron chi connectivity index (χ0n) is 36.7. The van der Waals surface area contributed by atoms with Crippen LogP contribution in [0.4, 0.5) is 5.82 Å². The first-order valence-corrected chi connectivity index (χ1v) is 26.8. The number of carbonyl (C=O) groups excluding carboxylic acids is 3. The third-order valence-corrected chi connectivity index (χ3v) is 13.9. The monoisotopic (exact) mass is 1000 g/mol. The summed E-state index contributed by atoms with van der Waals surface area (Å²) < 4.78 is 62.4. The van der Waals surface area contributed by atoms with Crippen LogP contribution in [0, 0.1) is 5.41 Å². The summed E-state index contributed by atoms with van der Waals surface area (Å²) in [6, 6.07) is 0. The number of hydrogen-bond donors (Lipinski definition) is 9. The first-order chi connectivity index (χ1) is 30.6. The number of carbonyl (C=O) groups is 3. The smallest absolute Gasteiger partial charge is 0.386 e. The minimum absolute atomic E-state index is 0.0329. The Morgan fingerprint density at radius 2 is 1.57 bits per heavy atom. The number of hydrogen-bond acceptors (Lipinski definition) is 18. The van der Waals surface area contributed by atoms with E-state index in [1.165, 1.54) is 52.4 Å². The van der Waals surface area contributed by atoms with Crippen molar-refractivity contribution in [2.45, 2.75) is 135 Å². The van der Waals surface area contributed by atoms with Crippen molar-refractivity contribution in [2.75, 3.05) is 37.8 Å². The third kappa shape index (κ3) is 20.6. The van der Waals surface area contributed by atoms with E-state index in [4.69, 9.17) is 19.5 Å². The van der Waals surface area contributed by atoms with Gasteiger partial charge in [-0.2, -0.15) is 4.31 Å². The Hall–Kier alpha value is -2.70. The summed E-state index contributed by atoms with van der Waals surface area (Å²) >= 11 is 1.15. The molecule has 7 atom stereocenters. The van der Waals surface area contributed by atoms with Gasteiger partial charge < -0.3 is 50.9 Å². The number of amides is 2. The zero-order valence-corrected chi connectivity index (χ0v) is 40.2. The molecule has 24 nitrogen and oxygen atoms in total. The molecule has 65 heavy (non-hydrogen) atoms. The minimum atomic E-state index is -5.57. The molecule has 0 aliphatic carbocycles. The number of aromatic nitrogens is 4. The number of thioether (sulfide) groups is 1. The summed E-state index contributed by atoms with van der Waals surface area (Å²) in [6.07, 6.45) is 10.6. The van der Waals surface area contributed by atoms with Gasteiger partial charge >= 0.3 is 23.5 Å². The van der Waals surface area contributed by atoms with Gasteiger partial charge in [-0.05, 0) is 25.7 Å². The third-order valence-electron chi connectivity index (χ3n) is 9.91. The van der Waals surface area contributed by atoms with E-state index in [1.807, 2.05) is 0 Å². The van der Waals surface area contributed by atoms with Gasteiger partial charge in [-0.15, -0.1) is 0 Å². The van der Waals surface area contributed by atoms with Crippen LogP contribution in [-0.4, -0.2) is 123 Å². The highest BCUT2D eigenvalue weighted by molar-refractivity contribution is 8.13. The summed E-state index contributed by atoms with van der Waals surface area (Å²) in [5.41, 5.74) is 4.28. The SMILES string of the molecule is CCCC/C=C\CCCCCCCCCC(=O)SCCNC(=O)CCNC(=O)C(O)C(C)(C)COP(=O)(O)OP(=O)(O)OC[C@H]1O[C@@H](n2cnc3c(N)ncnc32)[C@H](O)[C@@H]1OP(=O)(O)O. The Morgan fingerprint density at radius 3 is 2.25 bits per heavy atom. The van der Waals surface area contributed by atoms with E-state index in [9.17, 15) is 57.9 Å². The molecule has 1 fully saturated rings. The average molecular weight is 1000 g/mol. The predicted molar refractivity (Wildman–Crippen MR) is 237 cm³/mol. The average Bonchev–Trinajstić information content (AvgIpc) is 3.79. The lowest BCUT2D eigenvalue weighted by molar-refractivity contribution is -0.137. The molecule has 0 bridgehead atoms. The number of fused-ring (bicyclic) bond motifs is 1. The molecule has 1 saturated heterocycles. The summed E-state index contributed by atoms with van der Waals surface area (Å²) in [6.45, 7) is 2.76. The number of rotatable bonds is 32. The molecule has 0 saturated carbocycles. The van der Waals surface area contributed by atoms with Crippen LogP contribution in [0.5, 0.6) is 0 Å². The molecule has 1 aliphatic rings. The number of allylic oxidation sites excluding steroid dienone is 2. The van der Waals surface area contributed by atoms with E-state index < -0.39 is 84.6 Å². The van der Waals surface area contributed by atoms with Gasteiger partial charge in [-0.3, -0.25) is 32.5 Å². The van der Waals surface area contributed by atoms with E-state index in [0.29, 0.717) is 12.2 Å². The van der Waals surface area contributed by atoms with Crippen LogP contribution in [0.25, 0.3) is 11.2 Å². The Labute approximate surface area is 381 Å². The standard InChI is InChI=1S/C37H64N7O17P3S/c1-4-5-6-7-8-9-10-11-12-13-14-15-16-17-28(46)65-21-20-39-27(45)18-19-40-35(49)32(48)37(2,3)23-58-64(55,56)61-63(53,54)57-22-26-31(60-62(50,51)52)30(47)36(59-26)44-25-43-29-33(38)41-24-42-34(29)44/h7-8,24-26,30-32,36,47-48H,4-6,9-23H2,1-3H3,(H,39,45)(H,40,49)(H,53,54)(H,55,56)(H2,38,41,42)(H2,50,51,52)/b8-7-/t26-,30-,31-,32?,36-/m1/s1. The van der Waals surface area contributed by atoms with Crippen molar-refractivity contribution < 1.29 is 80.5 Å². The second-order valence-corrected chi connectivity index (χ2v) is 21.3. The highest BCUT2D eigenvalue weighted by Gasteiger charge is 2.50. The van der Waals surface area contributed by atoms with Gasteiger partial charge in [0.15, 0.2) is 22.8 Å². The molecule has 2 aromatic heterocycles. The first-order valence-electron chi connectivity index (χ1n) is 21.3. The molecule has 10 N–H and O–H groups in total. The summed E-state index contributed by atoms with van der Waals surface area (Å²) in [4.78, 5) is 88.3. The lowest BCUT2D eigenvalue weighted by atomic mass is 9.87. The minimum Gasteiger partial charge on any atom is -0.386 e. The quantitative estimate of drug-likeness (QED) is 0.0285. The number of aliphatic hydroxyl groups is 2. The number of ether oxygens (including phenoxy) is 1. The molecule has 370 valence electrons. The number of nitrogens with zero attached hydrogens (tertiary/aromatic N) is 4. The van der Waals surface area contributed by atoms with Crippen molar-refractivity contribution >= 4 is 69.1 Å². The molecular formula is C37H64N7O17P3S. The molecular weight excluding hydrogens is 939 g/mol. The van der Waals surface area contributed by atoms with Crippen molar-refractivity contribution in [3.05, 3.63) is 24.8 Å². The number of imidazole rings is 1. The van der Waals surface area contributed by atoms with Crippen LogP contribution < -0.4 is 16.4 Å². The van der Waals surface area contributed by atoms with Crippen LogP contribution in [-0.2, 0) is 50.7 Å².